The van der Waals surface area contributed by atoms with Crippen molar-refractivity contribution in [1.82, 2.24) is 20.1 Å². The van der Waals surface area contributed by atoms with Crippen LogP contribution in [-0.4, -0.2) is 38.8 Å². The van der Waals surface area contributed by atoms with Gasteiger partial charge in [0.15, 0.2) is 6.10 Å². The Bertz CT molecular complexity index is 470. The summed E-state index contributed by atoms with van der Waals surface area (Å²) in [4.78, 5) is 36.6. The zero-order valence-electron chi connectivity index (χ0n) is 9.49. The van der Waals surface area contributed by atoms with Crippen molar-refractivity contribution in [3.63, 3.8) is 0 Å². The average Bonchev–Trinajstić information content (AvgIpc) is 2.62. The van der Waals surface area contributed by atoms with Crippen LogP contribution in [0.4, 0.5) is 10.7 Å². The molecule has 0 bridgehead atoms. The maximum Gasteiger partial charge on any atom is 0.328 e. The van der Waals surface area contributed by atoms with E-state index in [0.29, 0.717) is 0 Å². The van der Waals surface area contributed by atoms with E-state index in [2.05, 4.69) is 10.1 Å². The van der Waals surface area contributed by atoms with E-state index >= 15 is 0 Å². The molecule has 98 valence electrons. The molecule has 0 radical (unpaired) electrons. The minimum absolute atomic E-state index is 0.0160. The maximum atomic E-state index is 11.4. The number of urea groups is 1. The fraction of sp³-hybridized carbons (Fsp3) is 0.375. The summed E-state index contributed by atoms with van der Waals surface area (Å²) in [6, 6.07) is -1.02. The first-order valence-corrected chi connectivity index (χ1v) is 4.83. The minimum Gasteiger partial charge on any atom is -0.451 e. The van der Waals surface area contributed by atoms with Gasteiger partial charge in [-0.05, 0) is 6.92 Å². The largest absolute Gasteiger partial charge is 0.451 e. The quantitative estimate of drug-likeness (QED) is 0.525. The molecule has 1 rings (SSSR count). The van der Waals surface area contributed by atoms with Crippen LogP contribution >= 0.6 is 0 Å². The highest BCUT2D eigenvalue weighted by atomic mass is 16.5. The van der Waals surface area contributed by atoms with Gasteiger partial charge in [0.05, 0.1) is 0 Å². The molecule has 0 aliphatic rings. The Morgan fingerprint density at radius 2 is 2.22 bits per heavy atom. The molecule has 0 aromatic carbocycles. The van der Waals surface area contributed by atoms with Gasteiger partial charge in [0.1, 0.15) is 12.9 Å². The third-order valence-electron chi connectivity index (χ3n) is 1.77. The van der Waals surface area contributed by atoms with Gasteiger partial charge >= 0.3 is 12.0 Å². The van der Waals surface area contributed by atoms with Crippen LogP contribution in [0.15, 0.2) is 6.33 Å². The molecule has 1 aromatic rings. The Hall–Kier alpha value is -2.65. The molecule has 10 heteroatoms. The predicted octanol–water partition coefficient (Wildman–Crippen LogP) is -2.01. The van der Waals surface area contributed by atoms with Crippen molar-refractivity contribution < 1.29 is 19.1 Å². The standard InChI is InChI=1S/C8H12N6O4/c1-4(6(16)12-8(10)17)18-5(15)2-14-3-11-7(9)13-14/h3-4H,2H2,1H3,(H2,9,13)(H3,10,12,16,17). The van der Waals surface area contributed by atoms with E-state index in [1.807, 2.05) is 0 Å². The monoisotopic (exact) mass is 256 g/mol. The van der Waals surface area contributed by atoms with Crippen molar-refractivity contribution in [3.8, 4) is 0 Å². The summed E-state index contributed by atoms with van der Waals surface area (Å²) in [5, 5.41) is 5.44. The second-order valence-corrected chi connectivity index (χ2v) is 3.29. The van der Waals surface area contributed by atoms with Gasteiger partial charge in [0.25, 0.3) is 5.91 Å². The van der Waals surface area contributed by atoms with Gasteiger partial charge in [-0.3, -0.25) is 14.9 Å². The zero-order chi connectivity index (χ0) is 13.7. The second-order valence-electron chi connectivity index (χ2n) is 3.29. The predicted molar refractivity (Wildman–Crippen MR) is 57.7 cm³/mol. The lowest BCUT2D eigenvalue weighted by Crippen LogP contribution is -2.42. The van der Waals surface area contributed by atoms with Crippen molar-refractivity contribution in [1.29, 1.82) is 0 Å². The Labute approximate surface area is 101 Å². The van der Waals surface area contributed by atoms with E-state index in [9.17, 15) is 14.4 Å². The number of nitrogens with zero attached hydrogens (tertiary/aromatic N) is 3. The highest BCUT2D eigenvalue weighted by Gasteiger charge is 2.19. The molecule has 0 saturated carbocycles. The molecule has 0 aliphatic heterocycles. The molecule has 1 aromatic heterocycles. The number of amides is 3. The Kier molecular flexibility index (Phi) is 4.18. The summed E-state index contributed by atoms with van der Waals surface area (Å²) >= 11 is 0. The van der Waals surface area contributed by atoms with Gasteiger partial charge in [-0.25, -0.2) is 14.5 Å². The minimum atomic E-state index is -1.15. The molecule has 1 unspecified atom stereocenters. The van der Waals surface area contributed by atoms with E-state index in [0.717, 1.165) is 4.68 Å². The maximum absolute atomic E-state index is 11.4. The number of imide groups is 1. The molecule has 10 nitrogen and oxygen atoms in total. The normalized spacial score (nSPS) is 11.6. The van der Waals surface area contributed by atoms with Crippen LogP contribution in [0.1, 0.15) is 6.92 Å². The van der Waals surface area contributed by atoms with Crippen molar-refractivity contribution in [2.24, 2.45) is 5.73 Å². The first kappa shape index (κ1) is 13.4. The van der Waals surface area contributed by atoms with Crippen LogP contribution in [0.5, 0.6) is 0 Å². The lowest BCUT2D eigenvalue weighted by atomic mass is 10.4. The van der Waals surface area contributed by atoms with Crippen LogP contribution in [0, 0.1) is 0 Å². The van der Waals surface area contributed by atoms with Crippen LogP contribution in [0.2, 0.25) is 0 Å². The number of nitrogens with two attached hydrogens (primary N) is 2. The molecule has 0 saturated heterocycles. The van der Waals surface area contributed by atoms with Gasteiger partial charge < -0.3 is 16.2 Å². The zero-order valence-corrected chi connectivity index (χ0v) is 9.49. The van der Waals surface area contributed by atoms with Crippen molar-refractivity contribution in [3.05, 3.63) is 6.33 Å². The summed E-state index contributed by atoms with van der Waals surface area (Å²) in [6.07, 6.45) is 0.0935. The number of nitrogens with one attached hydrogen (secondary N) is 1. The lowest BCUT2D eigenvalue weighted by molar-refractivity contribution is -0.155. The van der Waals surface area contributed by atoms with Crippen LogP contribution < -0.4 is 16.8 Å². The second kappa shape index (κ2) is 5.61. The number of anilines is 1. The van der Waals surface area contributed by atoms with Crippen molar-refractivity contribution >= 4 is 23.9 Å². The van der Waals surface area contributed by atoms with E-state index in [-0.39, 0.29) is 12.5 Å². The molecule has 0 fully saturated rings. The average molecular weight is 256 g/mol. The number of rotatable bonds is 4. The molecule has 1 atom stereocenters. The summed E-state index contributed by atoms with van der Waals surface area (Å²) in [7, 11) is 0. The number of nitrogen functional groups attached to an aromatic ring is 1. The number of esters is 1. The van der Waals surface area contributed by atoms with Gasteiger partial charge in [-0.2, -0.15) is 0 Å². The van der Waals surface area contributed by atoms with Crippen LogP contribution in [0.25, 0.3) is 0 Å². The fourth-order valence-electron chi connectivity index (χ4n) is 1.03. The Morgan fingerprint density at radius 1 is 1.56 bits per heavy atom. The van der Waals surface area contributed by atoms with Gasteiger partial charge in [0, 0.05) is 0 Å². The number of carbonyl (C=O) groups excluding carboxylic acids is 3. The summed E-state index contributed by atoms with van der Waals surface area (Å²) < 4.78 is 5.89. The van der Waals surface area contributed by atoms with E-state index in [4.69, 9.17) is 16.2 Å². The number of aromatic nitrogens is 3. The molecule has 5 N–H and O–H groups in total. The first-order chi connectivity index (χ1) is 8.38. The van der Waals surface area contributed by atoms with E-state index in [1.165, 1.54) is 13.3 Å². The molecular formula is C8H12N6O4. The molecule has 0 aliphatic carbocycles. The number of ether oxygens (including phenoxy) is 1. The number of hydrogen-bond donors (Lipinski definition) is 3. The molecule has 3 amide bonds. The number of primary amides is 1. The fourth-order valence-corrected chi connectivity index (χ4v) is 1.03. The number of carbonyl (C=O) groups is 3. The van der Waals surface area contributed by atoms with E-state index in [1.54, 1.807) is 5.32 Å². The van der Waals surface area contributed by atoms with Crippen LogP contribution in [0.3, 0.4) is 0 Å². The highest BCUT2D eigenvalue weighted by molar-refractivity contribution is 5.96. The number of hydrogen-bond acceptors (Lipinski definition) is 7. The lowest BCUT2D eigenvalue weighted by Gasteiger charge is -2.11. The summed E-state index contributed by atoms with van der Waals surface area (Å²) in [5.74, 6) is -1.52. The smallest absolute Gasteiger partial charge is 0.328 e. The molecular weight excluding hydrogens is 244 g/mol. The molecule has 18 heavy (non-hydrogen) atoms. The van der Waals surface area contributed by atoms with Gasteiger partial charge in [-0.15, -0.1) is 5.10 Å². The SMILES string of the molecule is CC(OC(=O)Cn1cnc(N)n1)C(=O)NC(N)=O. The van der Waals surface area contributed by atoms with E-state index < -0.39 is 24.0 Å². The first-order valence-electron chi connectivity index (χ1n) is 4.83. The third-order valence-corrected chi connectivity index (χ3v) is 1.77. The van der Waals surface area contributed by atoms with Crippen molar-refractivity contribution in [2.75, 3.05) is 5.73 Å². The molecule has 1 heterocycles. The van der Waals surface area contributed by atoms with Crippen molar-refractivity contribution in [2.45, 2.75) is 19.6 Å². The van der Waals surface area contributed by atoms with Crippen LogP contribution in [-0.2, 0) is 20.9 Å². The van der Waals surface area contributed by atoms with Gasteiger partial charge in [0.2, 0.25) is 5.95 Å². The Morgan fingerprint density at radius 3 is 2.72 bits per heavy atom. The highest BCUT2D eigenvalue weighted by Crippen LogP contribution is 1.96. The Balaban J connectivity index is 2.44. The van der Waals surface area contributed by atoms with Gasteiger partial charge in [-0.1, -0.05) is 0 Å². The topological polar surface area (TPSA) is 155 Å². The summed E-state index contributed by atoms with van der Waals surface area (Å²) in [5.41, 5.74) is 9.99. The summed E-state index contributed by atoms with van der Waals surface area (Å²) in [6.45, 7) is 1.05. The molecule has 0 spiro atoms. The third kappa shape index (κ3) is 4.08.